The van der Waals surface area contributed by atoms with E-state index >= 15 is 0 Å². The van der Waals surface area contributed by atoms with Crippen LogP contribution in [0.25, 0.3) is 10.9 Å². The number of carbonyl (C=O) groups excluding carboxylic acids is 1. The molecule has 0 radical (unpaired) electrons. The van der Waals surface area contributed by atoms with Gasteiger partial charge in [0, 0.05) is 41.9 Å². The number of carbonyl (C=O) groups is 1. The number of aromatic nitrogens is 1. The highest BCUT2D eigenvalue weighted by molar-refractivity contribution is 6.17. The third-order valence-electron chi connectivity index (χ3n) is 4.62. The van der Waals surface area contributed by atoms with Crippen LogP contribution in [0.1, 0.15) is 41.4 Å². The van der Waals surface area contributed by atoms with E-state index in [4.69, 9.17) is 4.74 Å². The number of ketones is 1. The van der Waals surface area contributed by atoms with Crippen LogP contribution in [-0.4, -0.2) is 23.6 Å². The number of hydrogen-bond donors (Lipinski definition) is 0. The molecule has 0 unspecified atom stereocenters. The largest absolute Gasteiger partial charge is 0.382 e. The smallest absolute Gasteiger partial charge is 0.195 e. The summed E-state index contributed by atoms with van der Waals surface area (Å²) in [5.74, 6) is 0.0994. The van der Waals surface area contributed by atoms with E-state index in [-0.39, 0.29) is 5.78 Å². The molecule has 1 heterocycles. The average molecular weight is 335 g/mol. The van der Waals surface area contributed by atoms with Crippen LogP contribution in [-0.2, 0) is 11.3 Å². The maximum Gasteiger partial charge on any atom is 0.195 e. The zero-order valence-electron chi connectivity index (χ0n) is 15.0. The number of para-hydroxylation sites is 1. The van der Waals surface area contributed by atoms with Crippen molar-refractivity contribution >= 4 is 16.7 Å². The first-order chi connectivity index (χ1) is 12.2. The summed E-state index contributed by atoms with van der Waals surface area (Å²) in [4.78, 5) is 13.1. The highest BCUT2D eigenvalue weighted by atomic mass is 16.5. The SMILES string of the molecule is CCOCCCCn1c(C)c(C(=O)c2ccccc2)c2ccccc21. The predicted molar refractivity (Wildman–Crippen MR) is 102 cm³/mol. The summed E-state index contributed by atoms with van der Waals surface area (Å²) in [5.41, 5.74) is 3.75. The maximum atomic E-state index is 13.1. The molecule has 2 aromatic carbocycles. The van der Waals surface area contributed by atoms with Gasteiger partial charge in [0.05, 0.1) is 5.56 Å². The van der Waals surface area contributed by atoms with Crippen LogP contribution < -0.4 is 0 Å². The van der Waals surface area contributed by atoms with Gasteiger partial charge in [0.25, 0.3) is 0 Å². The third-order valence-corrected chi connectivity index (χ3v) is 4.62. The van der Waals surface area contributed by atoms with Crippen molar-refractivity contribution in [2.24, 2.45) is 0 Å². The van der Waals surface area contributed by atoms with Gasteiger partial charge in [-0.3, -0.25) is 4.79 Å². The summed E-state index contributed by atoms with van der Waals surface area (Å²) in [7, 11) is 0. The van der Waals surface area contributed by atoms with Gasteiger partial charge in [0.2, 0.25) is 0 Å². The minimum absolute atomic E-state index is 0.0994. The van der Waals surface area contributed by atoms with Crippen molar-refractivity contribution in [1.82, 2.24) is 4.57 Å². The normalized spacial score (nSPS) is 11.1. The van der Waals surface area contributed by atoms with Gasteiger partial charge in [-0.2, -0.15) is 0 Å². The Hall–Kier alpha value is -2.39. The van der Waals surface area contributed by atoms with Gasteiger partial charge in [-0.25, -0.2) is 0 Å². The zero-order chi connectivity index (χ0) is 17.6. The molecule has 0 N–H and O–H groups in total. The molecule has 1 aromatic heterocycles. The number of aryl methyl sites for hydroxylation is 1. The molecule has 0 saturated carbocycles. The zero-order valence-corrected chi connectivity index (χ0v) is 15.0. The quantitative estimate of drug-likeness (QED) is 0.428. The minimum atomic E-state index is 0.0994. The Morgan fingerprint density at radius 1 is 1.00 bits per heavy atom. The molecule has 0 saturated heterocycles. The molecule has 3 nitrogen and oxygen atoms in total. The first-order valence-electron chi connectivity index (χ1n) is 8.99. The first-order valence-corrected chi connectivity index (χ1v) is 8.99. The average Bonchev–Trinajstić information content (AvgIpc) is 2.93. The lowest BCUT2D eigenvalue weighted by Gasteiger charge is -2.09. The maximum absolute atomic E-state index is 13.1. The molecule has 0 aliphatic heterocycles. The number of hydrogen-bond acceptors (Lipinski definition) is 2. The lowest BCUT2D eigenvalue weighted by molar-refractivity contribution is 0.103. The van der Waals surface area contributed by atoms with Gasteiger partial charge in [-0.15, -0.1) is 0 Å². The van der Waals surface area contributed by atoms with Crippen molar-refractivity contribution in [3.05, 3.63) is 71.4 Å². The molecule has 0 amide bonds. The Kier molecular flexibility index (Phi) is 5.67. The van der Waals surface area contributed by atoms with E-state index in [9.17, 15) is 4.79 Å². The van der Waals surface area contributed by atoms with Crippen LogP contribution in [0.15, 0.2) is 54.6 Å². The van der Waals surface area contributed by atoms with E-state index in [0.717, 1.165) is 60.3 Å². The Morgan fingerprint density at radius 3 is 2.48 bits per heavy atom. The lowest BCUT2D eigenvalue weighted by atomic mass is 10.0. The van der Waals surface area contributed by atoms with Gasteiger partial charge in [0.1, 0.15) is 0 Å². The van der Waals surface area contributed by atoms with Crippen LogP contribution in [0.4, 0.5) is 0 Å². The van der Waals surface area contributed by atoms with Crippen molar-refractivity contribution in [2.45, 2.75) is 33.2 Å². The molecule has 0 aliphatic rings. The number of benzene rings is 2. The third kappa shape index (κ3) is 3.67. The highest BCUT2D eigenvalue weighted by Crippen LogP contribution is 2.28. The molecule has 3 aromatic rings. The topological polar surface area (TPSA) is 31.2 Å². The van der Waals surface area contributed by atoms with E-state index < -0.39 is 0 Å². The van der Waals surface area contributed by atoms with Crippen molar-refractivity contribution in [2.75, 3.05) is 13.2 Å². The van der Waals surface area contributed by atoms with Crippen molar-refractivity contribution in [1.29, 1.82) is 0 Å². The molecule has 3 heteroatoms. The van der Waals surface area contributed by atoms with Crippen molar-refractivity contribution in [3.63, 3.8) is 0 Å². The van der Waals surface area contributed by atoms with E-state index in [1.54, 1.807) is 0 Å². The Labute approximate surface area is 149 Å². The molecule has 0 spiro atoms. The van der Waals surface area contributed by atoms with Gasteiger partial charge >= 0.3 is 0 Å². The van der Waals surface area contributed by atoms with Crippen molar-refractivity contribution < 1.29 is 9.53 Å². The molecule has 130 valence electrons. The predicted octanol–water partition coefficient (Wildman–Crippen LogP) is 5.00. The molecular formula is C22H25NO2. The Balaban J connectivity index is 1.94. The summed E-state index contributed by atoms with van der Waals surface area (Å²) in [5, 5.41) is 1.04. The summed E-state index contributed by atoms with van der Waals surface area (Å²) >= 11 is 0. The first kappa shape index (κ1) is 17.4. The summed E-state index contributed by atoms with van der Waals surface area (Å²) < 4.78 is 7.70. The van der Waals surface area contributed by atoms with Gasteiger partial charge in [-0.1, -0.05) is 48.5 Å². The van der Waals surface area contributed by atoms with Crippen LogP contribution in [0.3, 0.4) is 0 Å². The molecule has 3 rings (SSSR count). The number of nitrogens with zero attached hydrogens (tertiary/aromatic N) is 1. The van der Waals surface area contributed by atoms with Gasteiger partial charge < -0.3 is 9.30 Å². The summed E-state index contributed by atoms with van der Waals surface area (Å²) in [6.07, 6.45) is 2.07. The van der Waals surface area contributed by atoms with Crippen LogP contribution >= 0.6 is 0 Å². The molecule has 0 atom stereocenters. The van der Waals surface area contributed by atoms with Gasteiger partial charge in [-0.05, 0) is 32.8 Å². The standard InChI is InChI=1S/C22H25NO2/c1-3-25-16-10-9-15-23-17(2)21(19-13-7-8-14-20(19)23)22(24)18-11-5-4-6-12-18/h4-8,11-14H,3,9-10,15-16H2,1-2H3. The molecule has 0 aliphatic carbocycles. The second-order valence-electron chi connectivity index (χ2n) is 6.23. The summed E-state index contributed by atoms with van der Waals surface area (Å²) in [6.45, 7) is 6.54. The van der Waals surface area contributed by atoms with E-state index in [1.807, 2.05) is 49.4 Å². The number of unbranched alkanes of at least 4 members (excludes halogenated alkanes) is 1. The lowest BCUT2D eigenvalue weighted by Crippen LogP contribution is -2.06. The monoisotopic (exact) mass is 335 g/mol. The molecular weight excluding hydrogens is 310 g/mol. The van der Waals surface area contributed by atoms with Crippen LogP contribution in [0.2, 0.25) is 0 Å². The fourth-order valence-corrected chi connectivity index (χ4v) is 3.36. The molecule has 0 fully saturated rings. The second kappa shape index (κ2) is 8.13. The minimum Gasteiger partial charge on any atom is -0.382 e. The number of ether oxygens (including phenoxy) is 1. The molecule has 0 bridgehead atoms. The summed E-state index contributed by atoms with van der Waals surface area (Å²) in [6, 6.07) is 17.7. The highest BCUT2D eigenvalue weighted by Gasteiger charge is 2.20. The number of rotatable bonds is 8. The molecule has 25 heavy (non-hydrogen) atoms. The van der Waals surface area contributed by atoms with E-state index in [0.29, 0.717) is 0 Å². The van der Waals surface area contributed by atoms with Crippen molar-refractivity contribution in [3.8, 4) is 0 Å². The second-order valence-corrected chi connectivity index (χ2v) is 6.23. The fraction of sp³-hybridized carbons (Fsp3) is 0.318. The van der Waals surface area contributed by atoms with Crippen LogP contribution in [0, 0.1) is 6.92 Å². The fourth-order valence-electron chi connectivity index (χ4n) is 3.36. The van der Waals surface area contributed by atoms with E-state index in [1.165, 1.54) is 0 Å². The van der Waals surface area contributed by atoms with E-state index in [2.05, 4.69) is 23.6 Å². The Morgan fingerprint density at radius 2 is 1.72 bits per heavy atom. The number of fused-ring (bicyclic) bond motifs is 1. The van der Waals surface area contributed by atoms with Crippen LogP contribution in [0.5, 0.6) is 0 Å². The Bertz CT molecular complexity index is 849. The van der Waals surface area contributed by atoms with Gasteiger partial charge in [0.15, 0.2) is 5.78 Å².